The van der Waals surface area contributed by atoms with Crippen molar-refractivity contribution >= 4 is 22.8 Å². The van der Waals surface area contributed by atoms with E-state index < -0.39 is 0 Å². The van der Waals surface area contributed by atoms with Gasteiger partial charge in [0.25, 0.3) is 11.8 Å². The second-order valence-electron chi connectivity index (χ2n) is 7.94. The molecule has 2 amide bonds. The number of piperidine rings is 1. The Morgan fingerprint density at radius 3 is 2.82 bits per heavy atom. The van der Waals surface area contributed by atoms with Gasteiger partial charge >= 0.3 is 0 Å². The number of hydrogen-bond donors (Lipinski definition) is 1. The van der Waals surface area contributed by atoms with E-state index in [0.29, 0.717) is 43.5 Å². The van der Waals surface area contributed by atoms with Gasteiger partial charge in [0.05, 0.1) is 13.2 Å². The van der Waals surface area contributed by atoms with Gasteiger partial charge in [0, 0.05) is 49.9 Å². The molecule has 2 aromatic heterocycles. The summed E-state index contributed by atoms with van der Waals surface area (Å²) in [7, 11) is 0. The third kappa shape index (κ3) is 3.38. The highest BCUT2D eigenvalue weighted by molar-refractivity contribution is 5.98. The Balaban J connectivity index is 1.30. The Morgan fingerprint density at radius 1 is 1.14 bits per heavy atom. The zero-order valence-corrected chi connectivity index (χ0v) is 15.7. The molecule has 5 rings (SSSR count). The summed E-state index contributed by atoms with van der Waals surface area (Å²) >= 11 is 0. The molecule has 8 nitrogen and oxygen atoms in total. The Morgan fingerprint density at radius 2 is 2.00 bits per heavy atom. The summed E-state index contributed by atoms with van der Waals surface area (Å²) in [5, 5.41) is 3.83. The highest BCUT2D eigenvalue weighted by atomic mass is 16.5. The summed E-state index contributed by atoms with van der Waals surface area (Å²) in [6.07, 6.45) is 3.85. The lowest BCUT2D eigenvalue weighted by molar-refractivity contribution is 0.0284. The minimum absolute atomic E-state index is 0.155. The Hall–Kier alpha value is -2.45. The lowest BCUT2D eigenvalue weighted by Gasteiger charge is -2.30. The Kier molecular flexibility index (Phi) is 4.52. The van der Waals surface area contributed by atoms with E-state index in [9.17, 15) is 9.59 Å². The second-order valence-corrected chi connectivity index (χ2v) is 7.94. The number of rotatable bonds is 3. The Bertz CT molecular complexity index is 893. The number of aromatic nitrogens is 1. The molecular weight excluding hydrogens is 360 g/mol. The minimum atomic E-state index is -0.188. The number of carbonyl (C=O) groups is 2. The highest BCUT2D eigenvalue weighted by Crippen LogP contribution is 2.27. The number of nitrogens with zero attached hydrogens (tertiary/aromatic N) is 3. The maximum Gasteiger partial charge on any atom is 0.289 e. The summed E-state index contributed by atoms with van der Waals surface area (Å²) in [4.78, 5) is 33.7. The molecular formula is C20H24N4O4. The van der Waals surface area contributed by atoms with E-state index in [0.717, 1.165) is 31.4 Å². The van der Waals surface area contributed by atoms with Crippen LogP contribution in [0.2, 0.25) is 0 Å². The Labute approximate surface area is 162 Å². The number of ether oxygens (including phenoxy) is 1. The molecule has 2 bridgehead atoms. The summed E-state index contributed by atoms with van der Waals surface area (Å²) in [6.45, 7) is 5.39. The molecule has 8 heteroatoms. The molecule has 148 valence electrons. The van der Waals surface area contributed by atoms with Crippen LogP contribution >= 0.6 is 0 Å². The van der Waals surface area contributed by atoms with Crippen molar-refractivity contribution in [2.24, 2.45) is 5.92 Å². The van der Waals surface area contributed by atoms with E-state index in [-0.39, 0.29) is 23.6 Å². The van der Waals surface area contributed by atoms with Crippen LogP contribution in [0.1, 0.15) is 33.9 Å². The van der Waals surface area contributed by atoms with Gasteiger partial charge in [0.1, 0.15) is 11.3 Å². The molecule has 0 saturated carbocycles. The molecule has 0 aromatic carbocycles. The smallest absolute Gasteiger partial charge is 0.289 e. The van der Waals surface area contributed by atoms with Crippen LogP contribution in [0.25, 0.3) is 11.0 Å². The average molecular weight is 384 g/mol. The highest BCUT2D eigenvalue weighted by Gasteiger charge is 2.33. The molecule has 0 spiro atoms. The van der Waals surface area contributed by atoms with Crippen LogP contribution in [0.3, 0.4) is 0 Å². The molecule has 2 aromatic rings. The van der Waals surface area contributed by atoms with Crippen molar-refractivity contribution in [3.05, 3.63) is 29.8 Å². The maximum atomic E-state index is 12.7. The molecule has 3 fully saturated rings. The van der Waals surface area contributed by atoms with Gasteiger partial charge in [-0.2, -0.15) is 0 Å². The minimum Gasteiger partial charge on any atom is -0.451 e. The number of carbonyl (C=O) groups excluding carboxylic acids is 2. The predicted molar refractivity (Wildman–Crippen MR) is 101 cm³/mol. The second kappa shape index (κ2) is 7.18. The molecule has 3 atom stereocenters. The van der Waals surface area contributed by atoms with E-state index in [1.165, 1.54) is 6.42 Å². The van der Waals surface area contributed by atoms with Crippen LogP contribution in [-0.2, 0) is 4.74 Å². The van der Waals surface area contributed by atoms with E-state index >= 15 is 0 Å². The number of furan rings is 1. The van der Waals surface area contributed by atoms with E-state index in [2.05, 4.69) is 15.2 Å². The maximum absolute atomic E-state index is 12.7. The molecule has 3 saturated heterocycles. The number of amides is 2. The zero-order chi connectivity index (χ0) is 19.1. The SMILES string of the molecule is O=C(N[C@@H]1CC2CCN(C2)C1)c1cc2oc(C(=O)N3CCOCC3)cc2cn1. The van der Waals surface area contributed by atoms with E-state index in [1.807, 2.05) is 0 Å². The van der Waals surface area contributed by atoms with Crippen LogP contribution in [0, 0.1) is 5.92 Å². The molecule has 1 N–H and O–H groups in total. The fourth-order valence-electron chi connectivity index (χ4n) is 4.51. The van der Waals surface area contributed by atoms with Crippen LogP contribution in [0.5, 0.6) is 0 Å². The third-order valence-corrected chi connectivity index (χ3v) is 5.94. The summed E-state index contributed by atoms with van der Waals surface area (Å²) < 4.78 is 11.0. The predicted octanol–water partition coefficient (Wildman–Crippen LogP) is 1.12. The molecule has 28 heavy (non-hydrogen) atoms. The molecule has 2 unspecified atom stereocenters. The van der Waals surface area contributed by atoms with Crippen LogP contribution in [0.4, 0.5) is 0 Å². The number of nitrogens with one attached hydrogen (secondary N) is 1. The lowest BCUT2D eigenvalue weighted by atomic mass is 9.97. The van der Waals surface area contributed by atoms with Crippen LogP contribution in [0.15, 0.2) is 22.7 Å². The zero-order valence-electron chi connectivity index (χ0n) is 15.7. The number of pyridine rings is 1. The first-order chi connectivity index (χ1) is 13.7. The monoisotopic (exact) mass is 384 g/mol. The molecule has 5 heterocycles. The van der Waals surface area contributed by atoms with Crippen molar-refractivity contribution in [3.8, 4) is 0 Å². The standard InChI is InChI=1S/C20H24N4O4/c25-19(22-15-7-13-1-2-23(11-13)12-15)16-9-17-14(10-21-16)8-18(28-17)20(26)24-3-5-27-6-4-24/h8-10,13,15H,1-7,11-12H2,(H,22,25)/t13?,15-/m1/s1. The number of morpholine rings is 1. The van der Waals surface area contributed by atoms with Gasteiger partial charge in [-0.3, -0.25) is 14.6 Å². The summed E-state index contributed by atoms with van der Waals surface area (Å²) in [5.41, 5.74) is 0.823. The van der Waals surface area contributed by atoms with Crippen molar-refractivity contribution < 1.29 is 18.7 Å². The summed E-state index contributed by atoms with van der Waals surface area (Å²) in [6, 6.07) is 3.48. The third-order valence-electron chi connectivity index (χ3n) is 5.94. The van der Waals surface area contributed by atoms with Gasteiger partial charge in [0.2, 0.25) is 0 Å². The first-order valence-corrected chi connectivity index (χ1v) is 9.95. The molecule has 3 aliphatic heterocycles. The largest absolute Gasteiger partial charge is 0.451 e. The van der Waals surface area contributed by atoms with Crippen molar-refractivity contribution in [2.75, 3.05) is 45.9 Å². The fourth-order valence-corrected chi connectivity index (χ4v) is 4.51. The number of fused-ring (bicyclic) bond motifs is 3. The van der Waals surface area contributed by atoms with Crippen LogP contribution < -0.4 is 5.32 Å². The summed E-state index contributed by atoms with van der Waals surface area (Å²) in [5.74, 6) is 0.616. The topological polar surface area (TPSA) is 87.9 Å². The fraction of sp³-hybridized carbons (Fsp3) is 0.550. The first kappa shape index (κ1) is 17.6. The number of hydrogen-bond acceptors (Lipinski definition) is 6. The van der Waals surface area contributed by atoms with Gasteiger partial charge in [-0.15, -0.1) is 0 Å². The van der Waals surface area contributed by atoms with Gasteiger partial charge < -0.3 is 24.3 Å². The first-order valence-electron chi connectivity index (χ1n) is 9.95. The van der Waals surface area contributed by atoms with Crippen molar-refractivity contribution in [1.29, 1.82) is 0 Å². The molecule has 0 radical (unpaired) electrons. The van der Waals surface area contributed by atoms with E-state index in [1.54, 1.807) is 23.2 Å². The lowest BCUT2D eigenvalue weighted by Crippen LogP contribution is -2.47. The van der Waals surface area contributed by atoms with Gasteiger partial charge in [-0.05, 0) is 31.4 Å². The van der Waals surface area contributed by atoms with Crippen LogP contribution in [-0.4, -0.2) is 78.6 Å². The molecule has 0 aliphatic carbocycles. The van der Waals surface area contributed by atoms with Gasteiger partial charge in [-0.1, -0.05) is 0 Å². The van der Waals surface area contributed by atoms with Gasteiger partial charge in [-0.25, -0.2) is 0 Å². The molecule has 3 aliphatic rings. The van der Waals surface area contributed by atoms with Crippen molar-refractivity contribution in [1.82, 2.24) is 20.1 Å². The normalized spacial score (nSPS) is 27.1. The van der Waals surface area contributed by atoms with Gasteiger partial charge in [0.15, 0.2) is 5.76 Å². The average Bonchev–Trinajstić information content (AvgIpc) is 3.30. The van der Waals surface area contributed by atoms with Crippen molar-refractivity contribution in [3.63, 3.8) is 0 Å². The quantitative estimate of drug-likeness (QED) is 0.853. The van der Waals surface area contributed by atoms with E-state index in [4.69, 9.17) is 9.15 Å². The van der Waals surface area contributed by atoms with Crippen molar-refractivity contribution in [2.45, 2.75) is 18.9 Å².